The summed E-state index contributed by atoms with van der Waals surface area (Å²) in [5, 5.41) is 12.5. The molecule has 0 aromatic carbocycles. The van der Waals surface area contributed by atoms with Gasteiger partial charge in [0.15, 0.2) is 0 Å². The van der Waals surface area contributed by atoms with Crippen LogP contribution in [0, 0.1) is 0 Å². The molecule has 0 aromatic heterocycles. The summed E-state index contributed by atoms with van der Waals surface area (Å²) in [4.78, 5) is 0. The first-order chi connectivity index (χ1) is 6.70. The summed E-state index contributed by atoms with van der Waals surface area (Å²) in [6, 6.07) is 0.116. The molecule has 2 N–H and O–H groups in total. The van der Waals surface area contributed by atoms with Crippen LogP contribution in [0.3, 0.4) is 0 Å². The van der Waals surface area contributed by atoms with Gasteiger partial charge in [0.1, 0.15) is 6.61 Å². The fraction of sp³-hybridized carbons (Fsp3) is 1.00. The van der Waals surface area contributed by atoms with Crippen LogP contribution in [0.25, 0.3) is 0 Å². The minimum Gasteiger partial charge on any atom is -0.392 e. The van der Waals surface area contributed by atoms with Gasteiger partial charge in [-0.25, -0.2) is 8.78 Å². The first kappa shape index (κ1) is 11.8. The van der Waals surface area contributed by atoms with Crippen molar-refractivity contribution >= 4 is 0 Å². The molecule has 2 unspecified atom stereocenters. The highest BCUT2D eigenvalue weighted by atomic mass is 19.3. The smallest absolute Gasteiger partial charge is 0.261 e. The molecule has 14 heavy (non-hydrogen) atoms. The Kier molecular flexibility index (Phi) is 5.29. The van der Waals surface area contributed by atoms with Crippen molar-refractivity contribution in [3.8, 4) is 0 Å². The zero-order valence-electron chi connectivity index (χ0n) is 8.09. The molecule has 0 heterocycles. The number of hydrogen-bond donors (Lipinski definition) is 2. The summed E-state index contributed by atoms with van der Waals surface area (Å²) in [5.41, 5.74) is 0. The number of aliphatic hydroxyl groups excluding tert-OH is 1. The highest BCUT2D eigenvalue weighted by molar-refractivity contribution is 4.82. The van der Waals surface area contributed by atoms with Crippen LogP contribution in [0.2, 0.25) is 0 Å². The normalized spacial score (nSPS) is 27.4. The summed E-state index contributed by atoms with van der Waals surface area (Å²) in [7, 11) is 0. The van der Waals surface area contributed by atoms with E-state index in [0.29, 0.717) is 6.54 Å². The van der Waals surface area contributed by atoms with E-state index in [0.717, 1.165) is 19.3 Å². The summed E-state index contributed by atoms with van der Waals surface area (Å²) in [6.07, 6.45) is 0.125. The number of halogens is 2. The highest BCUT2D eigenvalue weighted by Gasteiger charge is 2.23. The predicted molar refractivity (Wildman–Crippen MR) is 48.5 cm³/mol. The monoisotopic (exact) mass is 209 g/mol. The van der Waals surface area contributed by atoms with E-state index in [1.54, 1.807) is 0 Å². The zero-order valence-corrected chi connectivity index (χ0v) is 8.09. The van der Waals surface area contributed by atoms with Crippen LogP contribution in [0.15, 0.2) is 0 Å². The van der Waals surface area contributed by atoms with Gasteiger partial charge in [-0.05, 0) is 19.3 Å². The lowest BCUT2D eigenvalue weighted by molar-refractivity contribution is 0.0171. The van der Waals surface area contributed by atoms with E-state index in [1.807, 2.05) is 0 Å². The molecule has 0 spiro atoms. The quantitative estimate of drug-likeness (QED) is 0.635. The van der Waals surface area contributed by atoms with E-state index >= 15 is 0 Å². The molecule has 0 aromatic rings. The zero-order chi connectivity index (χ0) is 10.4. The summed E-state index contributed by atoms with van der Waals surface area (Å²) >= 11 is 0. The maximum atomic E-state index is 11.6. The summed E-state index contributed by atoms with van der Waals surface area (Å²) in [6.45, 7) is 0.289. The lowest BCUT2D eigenvalue weighted by atomic mass is 10.2. The van der Waals surface area contributed by atoms with E-state index in [2.05, 4.69) is 5.32 Å². The molecule has 0 amide bonds. The average Bonchev–Trinajstić information content (AvgIpc) is 2.51. The molecule has 2 atom stereocenters. The molecule has 0 aliphatic heterocycles. The third kappa shape index (κ3) is 4.30. The van der Waals surface area contributed by atoms with Crippen molar-refractivity contribution in [3.05, 3.63) is 0 Å². The Morgan fingerprint density at radius 3 is 2.79 bits per heavy atom. The molecule has 3 nitrogen and oxygen atoms in total. The molecule has 0 bridgehead atoms. The number of hydrogen-bond acceptors (Lipinski definition) is 3. The first-order valence-electron chi connectivity index (χ1n) is 4.97. The van der Waals surface area contributed by atoms with Gasteiger partial charge < -0.3 is 15.2 Å². The minimum atomic E-state index is -2.40. The largest absolute Gasteiger partial charge is 0.392 e. The van der Waals surface area contributed by atoms with Gasteiger partial charge in [0, 0.05) is 12.6 Å². The van der Waals surface area contributed by atoms with Gasteiger partial charge in [-0.2, -0.15) is 0 Å². The van der Waals surface area contributed by atoms with Crippen LogP contribution in [-0.2, 0) is 4.74 Å². The van der Waals surface area contributed by atoms with Gasteiger partial charge in [0.05, 0.1) is 12.7 Å². The third-order valence-electron chi connectivity index (χ3n) is 2.38. The Balaban J connectivity index is 1.93. The molecule has 1 aliphatic carbocycles. The van der Waals surface area contributed by atoms with Gasteiger partial charge in [0.2, 0.25) is 0 Å². The molecular formula is C9H17F2NO2. The van der Waals surface area contributed by atoms with Gasteiger partial charge >= 0.3 is 0 Å². The topological polar surface area (TPSA) is 41.5 Å². The second kappa shape index (κ2) is 6.27. The van der Waals surface area contributed by atoms with Crippen LogP contribution in [0.4, 0.5) is 8.78 Å². The van der Waals surface area contributed by atoms with Crippen LogP contribution in [-0.4, -0.2) is 43.4 Å². The van der Waals surface area contributed by atoms with Crippen LogP contribution < -0.4 is 5.32 Å². The average molecular weight is 209 g/mol. The van der Waals surface area contributed by atoms with E-state index in [4.69, 9.17) is 4.74 Å². The summed E-state index contributed by atoms with van der Waals surface area (Å²) < 4.78 is 28.0. The lowest BCUT2D eigenvalue weighted by Gasteiger charge is -2.16. The van der Waals surface area contributed by atoms with Crippen molar-refractivity contribution in [2.45, 2.75) is 37.8 Å². The molecule has 1 aliphatic rings. The maximum Gasteiger partial charge on any atom is 0.261 e. The van der Waals surface area contributed by atoms with Gasteiger partial charge in [0.25, 0.3) is 6.43 Å². The Morgan fingerprint density at radius 2 is 2.21 bits per heavy atom. The molecule has 0 radical (unpaired) electrons. The Morgan fingerprint density at radius 1 is 1.43 bits per heavy atom. The Bertz CT molecular complexity index is 158. The molecule has 5 heteroatoms. The van der Waals surface area contributed by atoms with Gasteiger partial charge in [-0.15, -0.1) is 0 Å². The Hall–Kier alpha value is -0.260. The van der Waals surface area contributed by atoms with Gasteiger partial charge in [-0.1, -0.05) is 0 Å². The summed E-state index contributed by atoms with van der Waals surface area (Å²) in [5.74, 6) is 0. The SMILES string of the molecule is OC1CCCC1NCCOCC(F)F. The number of nitrogens with one attached hydrogen (secondary N) is 1. The van der Waals surface area contributed by atoms with Crippen molar-refractivity contribution < 1.29 is 18.6 Å². The second-order valence-electron chi connectivity index (χ2n) is 3.52. The van der Waals surface area contributed by atoms with Gasteiger partial charge in [-0.3, -0.25) is 0 Å². The number of aliphatic hydroxyl groups is 1. The molecule has 1 saturated carbocycles. The third-order valence-corrected chi connectivity index (χ3v) is 2.38. The standard InChI is InChI=1S/C9H17F2NO2/c10-9(11)6-14-5-4-12-7-2-1-3-8(7)13/h7-9,12-13H,1-6H2. The molecule has 84 valence electrons. The molecule has 1 fully saturated rings. The number of ether oxygens (including phenoxy) is 1. The fourth-order valence-electron chi connectivity index (χ4n) is 1.67. The van der Waals surface area contributed by atoms with Crippen molar-refractivity contribution in [3.63, 3.8) is 0 Å². The predicted octanol–water partition coefficient (Wildman–Crippen LogP) is 0.771. The molecule has 0 saturated heterocycles. The van der Waals surface area contributed by atoms with Crippen molar-refractivity contribution in [2.24, 2.45) is 0 Å². The highest BCUT2D eigenvalue weighted by Crippen LogP contribution is 2.18. The second-order valence-corrected chi connectivity index (χ2v) is 3.52. The number of rotatable bonds is 6. The lowest BCUT2D eigenvalue weighted by Crippen LogP contribution is -2.37. The molecule has 1 rings (SSSR count). The van der Waals surface area contributed by atoms with E-state index in [9.17, 15) is 13.9 Å². The van der Waals surface area contributed by atoms with Crippen LogP contribution in [0.5, 0.6) is 0 Å². The van der Waals surface area contributed by atoms with Crippen molar-refractivity contribution in [2.75, 3.05) is 19.8 Å². The molecular weight excluding hydrogens is 192 g/mol. The fourth-order valence-corrected chi connectivity index (χ4v) is 1.67. The van der Waals surface area contributed by atoms with E-state index < -0.39 is 13.0 Å². The van der Waals surface area contributed by atoms with E-state index in [1.165, 1.54) is 0 Å². The van der Waals surface area contributed by atoms with Crippen LogP contribution >= 0.6 is 0 Å². The maximum absolute atomic E-state index is 11.6. The van der Waals surface area contributed by atoms with Crippen LogP contribution in [0.1, 0.15) is 19.3 Å². The van der Waals surface area contributed by atoms with Crippen molar-refractivity contribution in [1.29, 1.82) is 0 Å². The first-order valence-corrected chi connectivity index (χ1v) is 4.97. The van der Waals surface area contributed by atoms with E-state index in [-0.39, 0.29) is 18.8 Å². The Labute approximate surface area is 82.4 Å². The van der Waals surface area contributed by atoms with Crippen molar-refractivity contribution in [1.82, 2.24) is 5.32 Å². The number of alkyl halides is 2. The minimum absolute atomic E-state index is 0.116.